The number of nitrogens with two attached hydrogens (primary N) is 1. The van der Waals surface area contributed by atoms with Crippen LogP contribution in [0.1, 0.15) is 5.69 Å². The largest absolute Gasteiger partial charge is 0.271 e. The Bertz CT molecular complexity index is 490. The molecule has 0 spiro atoms. The van der Waals surface area contributed by atoms with Crippen LogP contribution in [0.5, 0.6) is 0 Å². The lowest BCUT2D eigenvalue weighted by atomic mass is 10.2. The minimum Gasteiger partial charge on any atom is -0.271 e. The zero-order valence-corrected chi connectivity index (χ0v) is 11.2. The molecular formula is C14H16FN3S. The minimum atomic E-state index is -0.216. The number of rotatable bonds is 6. The van der Waals surface area contributed by atoms with Gasteiger partial charge in [-0.05, 0) is 36.4 Å². The van der Waals surface area contributed by atoms with Crippen LogP contribution >= 0.6 is 11.8 Å². The van der Waals surface area contributed by atoms with Crippen LogP contribution in [-0.4, -0.2) is 16.8 Å². The van der Waals surface area contributed by atoms with E-state index in [4.69, 9.17) is 5.84 Å². The molecule has 0 fully saturated rings. The molecule has 0 saturated carbocycles. The summed E-state index contributed by atoms with van der Waals surface area (Å²) in [7, 11) is 0. The lowest BCUT2D eigenvalue weighted by molar-refractivity contribution is 0.569. The fraction of sp³-hybridized carbons (Fsp3) is 0.214. The van der Waals surface area contributed by atoms with Crippen molar-refractivity contribution >= 4 is 11.8 Å². The van der Waals surface area contributed by atoms with Crippen molar-refractivity contribution in [3.8, 4) is 0 Å². The maximum absolute atomic E-state index is 12.8. The Kier molecular flexibility index (Phi) is 5.32. The van der Waals surface area contributed by atoms with Crippen molar-refractivity contribution in [3.05, 3.63) is 60.2 Å². The van der Waals surface area contributed by atoms with Crippen LogP contribution in [0.15, 0.2) is 53.6 Å². The first-order valence-electron chi connectivity index (χ1n) is 6.02. The predicted molar refractivity (Wildman–Crippen MR) is 76.2 cm³/mol. The van der Waals surface area contributed by atoms with Crippen molar-refractivity contribution in [1.82, 2.24) is 10.4 Å². The molecule has 2 aromatic rings. The molecule has 0 saturated heterocycles. The van der Waals surface area contributed by atoms with Crippen LogP contribution in [-0.2, 0) is 6.42 Å². The Labute approximate surface area is 116 Å². The summed E-state index contributed by atoms with van der Waals surface area (Å²) < 4.78 is 12.8. The van der Waals surface area contributed by atoms with E-state index in [9.17, 15) is 4.39 Å². The van der Waals surface area contributed by atoms with Crippen molar-refractivity contribution in [2.75, 3.05) is 5.75 Å². The van der Waals surface area contributed by atoms with Crippen molar-refractivity contribution in [2.24, 2.45) is 5.84 Å². The van der Waals surface area contributed by atoms with E-state index in [0.29, 0.717) is 0 Å². The molecule has 1 aromatic heterocycles. The number of aromatic nitrogens is 1. The van der Waals surface area contributed by atoms with Crippen LogP contribution in [0.4, 0.5) is 4.39 Å². The zero-order chi connectivity index (χ0) is 13.5. The van der Waals surface area contributed by atoms with Gasteiger partial charge in [-0.1, -0.05) is 6.07 Å². The first-order chi connectivity index (χ1) is 9.28. The van der Waals surface area contributed by atoms with Crippen LogP contribution in [0.25, 0.3) is 0 Å². The molecule has 0 radical (unpaired) electrons. The van der Waals surface area contributed by atoms with Gasteiger partial charge < -0.3 is 0 Å². The van der Waals surface area contributed by atoms with E-state index in [0.717, 1.165) is 22.8 Å². The predicted octanol–water partition coefficient (Wildman–Crippen LogP) is 2.39. The Morgan fingerprint density at radius 3 is 2.63 bits per heavy atom. The summed E-state index contributed by atoms with van der Waals surface area (Å²) in [6.45, 7) is 0. The molecule has 1 atom stereocenters. The van der Waals surface area contributed by atoms with Gasteiger partial charge >= 0.3 is 0 Å². The van der Waals surface area contributed by atoms with Gasteiger partial charge in [-0.3, -0.25) is 16.3 Å². The molecule has 0 bridgehead atoms. The maximum Gasteiger partial charge on any atom is 0.123 e. The van der Waals surface area contributed by atoms with Crippen LogP contribution in [0.2, 0.25) is 0 Å². The highest BCUT2D eigenvalue weighted by molar-refractivity contribution is 7.99. The highest BCUT2D eigenvalue weighted by Gasteiger charge is 2.09. The zero-order valence-electron chi connectivity index (χ0n) is 10.4. The van der Waals surface area contributed by atoms with Crippen molar-refractivity contribution < 1.29 is 4.39 Å². The van der Waals surface area contributed by atoms with Gasteiger partial charge in [-0.25, -0.2) is 4.39 Å². The molecule has 1 unspecified atom stereocenters. The van der Waals surface area contributed by atoms with Crippen LogP contribution < -0.4 is 11.3 Å². The number of hydrazine groups is 1. The highest BCUT2D eigenvalue weighted by Crippen LogP contribution is 2.19. The standard InChI is InChI=1S/C14H16FN3S/c15-11-4-6-14(7-5-11)19-10-13(18-16)9-12-3-1-2-8-17-12/h1-8,13,18H,9-10,16H2. The number of thioether (sulfide) groups is 1. The van der Waals surface area contributed by atoms with E-state index in [1.165, 1.54) is 12.1 Å². The molecule has 100 valence electrons. The molecule has 0 aliphatic carbocycles. The fourth-order valence-electron chi connectivity index (χ4n) is 1.66. The van der Waals surface area contributed by atoms with Gasteiger partial charge in [0.15, 0.2) is 0 Å². The van der Waals surface area contributed by atoms with Crippen molar-refractivity contribution in [2.45, 2.75) is 17.4 Å². The normalized spacial score (nSPS) is 12.3. The Morgan fingerprint density at radius 2 is 2.00 bits per heavy atom. The molecular weight excluding hydrogens is 261 g/mol. The van der Waals surface area contributed by atoms with Gasteiger partial charge in [0.25, 0.3) is 0 Å². The number of benzene rings is 1. The average molecular weight is 277 g/mol. The molecule has 0 aliphatic heterocycles. The van der Waals surface area contributed by atoms with Gasteiger partial charge in [-0.15, -0.1) is 11.8 Å². The summed E-state index contributed by atoms with van der Waals surface area (Å²) in [5.74, 6) is 6.15. The third kappa shape index (κ3) is 4.63. The van der Waals surface area contributed by atoms with E-state index in [1.54, 1.807) is 30.1 Å². The lowest BCUT2D eigenvalue weighted by Gasteiger charge is -2.14. The first-order valence-corrected chi connectivity index (χ1v) is 7.01. The SMILES string of the molecule is NNC(CSc1ccc(F)cc1)Cc1ccccn1. The highest BCUT2D eigenvalue weighted by atomic mass is 32.2. The Balaban J connectivity index is 1.87. The second kappa shape index (κ2) is 7.23. The molecule has 0 amide bonds. The molecule has 3 nitrogen and oxygen atoms in total. The van der Waals surface area contributed by atoms with Crippen molar-refractivity contribution in [1.29, 1.82) is 0 Å². The maximum atomic E-state index is 12.8. The van der Waals surface area contributed by atoms with Gasteiger partial charge in [0.1, 0.15) is 5.82 Å². The number of nitrogens with zero attached hydrogens (tertiary/aromatic N) is 1. The average Bonchev–Trinajstić information content (AvgIpc) is 2.46. The number of nitrogens with one attached hydrogen (secondary N) is 1. The lowest BCUT2D eigenvalue weighted by Crippen LogP contribution is -2.38. The summed E-state index contributed by atoms with van der Waals surface area (Å²) >= 11 is 1.64. The summed E-state index contributed by atoms with van der Waals surface area (Å²) in [5, 5.41) is 0. The van der Waals surface area contributed by atoms with Gasteiger partial charge in [-0.2, -0.15) is 0 Å². The molecule has 2 rings (SSSR count). The molecule has 5 heteroatoms. The topological polar surface area (TPSA) is 50.9 Å². The second-order valence-corrected chi connectivity index (χ2v) is 5.25. The number of hydrogen-bond donors (Lipinski definition) is 2. The molecule has 1 heterocycles. The molecule has 1 aromatic carbocycles. The summed E-state index contributed by atoms with van der Waals surface area (Å²) in [5.41, 5.74) is 3.80. The van der Waals surface area contributed by atoms with Crippen LogP contribution in [0, 0.1) is 5.82 Å². The van der Waals surface area contributed by atoms with E-state index in [1.807, 2.05) is 18.2 Å². The molecule has 3 N–H and O–H groups in total. The summed E-state index contributed by atoms with van der Waals surface area (Å²) in [6.07, 6.45) is 2.54. The van der Waals surface area contributed by atoms with Gasteiger partial charge in [0.05, 0.1) is 0 Å². The first kappa shape index (κ1) is 14.0. The smallest absolute Gasteiger partial charge is 0.123 e. The fourth-order valence-corrected chi connectivity index (χ4v) is 2.60. The van der Waals surface area contributed by atoms with E-state index < -0.39 is 0 Å². The number of hydrogen-bond acceptors (Lipinski definition) is 4. The van der Waals surface area contributed by atoms with Crippen LogP contribution in [0.3, 0.4) is 0 Å². The summed E-state index contributed by atoms with van der Waals surface area (Å²) in [4.78, 5) is 5.31. The number of pyridine rings is 1. The van der Waals surface area contributed by atoms with E-state index in [-0.39, 0.29) is 11.9 Å². The second-order valence-electron chi connectivity index (χ2n) is 4.15. The van der Waals surface area contributed by atoms with E-state index >= 15 is 0 Å². The Morgan fingerprint density at radius 1 is 1.21 bits per heavy atom. The number of halogens is 1. The van der Waals surface area contributed by atoms with Gasteiger partial charge in [0, 0.05) is 35.0 Å². The Hall–Kier alpha value is -1.43. The van der Waals surface area contributed by atoms with Gasteiger partial charge in [0.2, 0.25) is 0 Å². The third-order valence-corrected chi connectivity index (χ3v) is 3.86. The minimum absolute atomic E-state index is 0.130. The summed E-state index contributed by atoms with van der Waals surface area (Å²) in [6, 6.07) is 12.4. The quantitative estimate of drug-likeness (QED) is 0.483. The molecule has 0 aliphatic rings. The van der Waals surface area contributed by atoms with E-state index in [2.05, 4.69) is 10.4 Å². The monoisotopic (exact) mass is 277 g/mol. The third-order valence-electron chi connectivity index (χ3n) is 2.68. The van der Waals surface area contributed by atoms with Crippen molar-refractivity contribution in [3.63, 3.8) is 0 Å². The molecule has 19 heavy (non-hydrogen) atoms.